The molecule has 0 bridgehead atoms. The van der Waals surface area contributed by atoms with Gasteiger partial charge in [0.25, 0.3) is 5.91 Å². The van der Waals surface area contributed by atoms with Gasteiger partial charge in [0.2, 0.25) is 0 Å². The number of carbonyl (C=O) groups excluding carboxylic acids is 1. The molecule has 1 aliphatic rings. The predicted molar refractivity (Wildman–Crippen MR) is 98.2 cm³/mol. The summed E-state index contributed by atoms with van der Waals surface area (Å²) in [4.78, 5) is 14.5. The number of hydrogen-bond donors (Lipinski definition) is 1. The number of nitrogens with zero attached hydrogens (tertiary/aromatic N) is 2. The molecule has 1 saturated heterocycles. The monoisotopic (exact) mass is 335 g/mol. The Morgan fingerprint density at radius 3 is 2.56 bits per heavy atom. The number of piperidine rings is 1. The zero-order valence-electron chi connectivity index (χ0n) is 14.3. The second kappa shape index (κ2) is 7.71. The number of aryl methyl sites for hydroxylation is 1. The SMILES string of the molecule is Cc1ccc(NC(=O)/C(C#N)=C/c2ccc(N3CCCCC3)o2)cc1. The number of carbonyl (C=O) groups is 1. The highest BCUT2D eigenvalue weighted by molar-refractivity contribution is 6.09. The maximum Gasteiger partial charge on any atom is 0.266 e. The van der Waals surface area contributed by atoms with E-state index < -0.39 is 5.91 Å². The fourth-order valence-electron chi connectivity index (χ4n) is 2.83. The molecule has 2 aromatic rings. The third-order valence-electron chi connectivity index (χ3n) is 4.24. The number of benzene rings is 1. The Morgan fingerprint density at radius 2 is 1.88 bits per heavy atom. The molecule has 1 aliphatic heterocycles. The van der Waals surface area contributed by atoms with E-state index in [4.69, 9.17) is 4.42 Å². The molecule has 5 nitrogen and oxygen atoms in total. The Morgan fingerprint density at radius 1 is 1.16 bits per heavy atom. The van der Waals surface area contributed by atoms with Gasteiger partial charge in [-0.15, -0.1) is 0 Å². The number of furan rings is 1. The molecule has 0 spiro atoms. The molecule has 0 atom stereocenters. The molecule has 1 N–H and O–H groups in total. The fourth-order valence-corrected chi connectivity index (χ4v) is 2.83. The van der Waals surface area contributed by atoms with Crippen LogP contribution in [0, 0.1) is 18.3 Å². The Balaban J connectivity index is 1.71. The van der Waals surface area contributed by atoms with Gasteiger partial charge in [-0.3, -0.25) is 4.79 Å². The Labute approximate surface area is 147 Å². The van der Waals surface area contributed by atoms with Crippen LogP contribution in [0.3, 0.4) is 0 Å². The molecule has 0 aliphatic carbocycles. The molecule has 0 unspecified atom stereocenters. The summed E-state index contributed by atoms with van der Waals surface area (Å²) >= 11 is 0. The highest BCUT2D eigenvalue weighted by Gasteiger charge is 2.15. The van der Waals surface area contributed by atoms with E-state index in [0.29, 0.717) is 11.4 Å². The highest BCUT2D eigenvalue weighted by Crippen LogP contribution is 2.24. The van der Waals surface area contributed by atoms with Gasteiger partial charge in [-0.1, -0.05) is 17.7 Å². The van der Waals surface area contributed by atoms with Crippen LogP contribution in [0.15, 0.2) is 46.4 Å². The van der Waals surface area contributed by atoms with Gasteiger partial charge in [-0.25, -0.2) is 0 Å². The third-order valence-corrected chi connectivity index (χ3v) is 4.24. The maximum atomic E-state index is 12.3. The fraction of sp³-hybridized carbons (Fsp3) is 0.300. The first-order chi connectivity index (χ1) is 12.2. The topological polar surface area (TPSA) is 69.3 Å². The zero-order valence-corrected chi connectivity index (χ0v) is 14.3. The molecule has 0 saturated carbocycles. The van der Waals surface area contributed by atoms with E-state index >= 15 is 0 Å². The molecule has 128 valence electrons. The number of nitrogens with one attached hydrogen (secondary N) is 1. The summed E-state index contributed by atoms with van der Waals surface area (Å²) in [7, 11) is 0. The molecule has 3 rings (SSSR count). The van der Waals surface area contributed by atoms with E-state index in [9.17, 15) is 10.1 Å². The molecule has 1 amide bonds. The smallest absolute Gasteiger partial charge is 0.266 e. The van der Waals surface area contributed by atoms with Gasteiger partial charge in [0, 0.05) is 30.9 Å². The standard InChI is InChI=1S/C20H21N3O2/c1-15-5-7-17(8-6-15)22-20(24)16(14-21)13-18-9-10-19(25-18)23-11-3-2-4-12-23/h5-10,13H,2-4,11-12H2,1H3,(H,22,24)/b16-13+. The van der Waals surface area contributed by atoms with Crippen molar-refractivity contribution in [3.63, 3.8) is 0 Å². The van der Waals surface area contributed by atoms with E-state index in [1.54, 1.807) is 6.07 Å². The summed E-state index contributed by atoms with van der Waals surface area (Å²) in [5.74, 6) is 0.862. The van der Waals surface area contributed by atoms with Crippen LogP contribution >= 0.6 is 0 Å². The summed E-state index contributed by atoms with van der Waals surface area (Å²) in [5, 5.41) is 12.0. The van der Waals surface area contributed by atoms with Crippen molar-refractivity contribution in [2.24, 2.45) is 0 Å². The van der Waals surface area contributed by atoms with Gasteiger partial charge in [-0.05, 0) is 44.4 Å². The Hall–Kier alpha value is -3.00. The van der Waals surface area contributed by atoms with E-state index in [1.807, 2.05) is 43.3 Å². The van der Waals surface area contributed by atoms with Gasteiger partial charge in [0.15, 0.2) is 5.88 Å². The van der Waals surface area contributed by atoms with E-state index in [-0.39, 0.29) is 5.57 Å². The summed E-state index contributed by atoms with van der Waals surface area (Å²) in [6, 6.07) is 13.1. The zero-order chi connectivity index (χ0) is 17.6. The molecule has 1 fully saturated rings. The number of nitriles is 1. The predicted octanol–water partition coefficient (Wildman–Crippen LogP) is 4.12. The van der Waals surface area contributed by atoms with Crippen molar-refractivity contribution < 1.29 is 9.21 Å². The minimum atomic E-state index is -0.442. The maximum absolute atomic E-state index is 12.3. The van der Waals surface area contributed by atoms with E-state index in [2.05, 4.69) is 10.2 Å². The lowest BCUT2D eigenvalue weighted by Gasteiger charge is -2.25. The molecule has 1 aromatic heterocycles. The van der Waals surface area contributed by atoms with Gasteiger partial charge in [-0.2, -0.15) is 5.26 Å². The van der Waals surface area contributed by atoms with Crippen molar-refractivity contribution >= 4 is 23.6 Å². The lowest BCUT2D eigenvalue weighted by molar-refractivity contribution is -0.112. The quantitative estimate of drug-likeness (QED) is 0.674. The molecule has 25 heavy (non-hydrogen) atoms. The normalized spacial score (nSPS) is 14.9. The van der Waals surface area contributed by atoms with Crippen LogP contribution in [0.4, 0.5) is 11.6 Å². The summed E-state index contributed by atoms with van der Waals surface area (Å²) < 4.78 is 5.79. The summed E-state index contributed by atoms with van der Waals surface area (Å²) in [6.45, 7) is 3.94. The first kappa shape index (κ1) is 16.8. The van der Waals surface area contributed by atoms with Crippen molar-refractivity contribution in [3.8, 4) is 6.07 Å². The number of anilines is 2. The second-order valence-corrected chi connectivity index (χ2v) is 6.21. The van der Waals surface area contributed by atoms with Crippen molar-refractivity contribution in [1.82, 2.24) is 0 Å². The molecular formula is C20H21N3O2. The second-order valence-electron chi connectivity index (χ2n) is 6.21. The molecule has 0 radical (unpaired) electrons. The molecule has 5 heteroatoms. The summed E-state index contributed by atoms with van der Waals surface area (Å²) in [6.07, 6.45) is 5.06. The van der Waals surface area contributed by atoms with Gasteiger partial charge < -0.3 is 14.6 Å². The van der Waals surface area contributed by atoms with Crippen molar-refractivity contribution in [2.75, 3.05) is 23.3 Å². The molecule has 1 aromatic carbocycles. The van der Waals surface area contributed by atoms with Crippen molar-refractivity contribution in [1.29, 1.82) is 5.26 Å². The lowest BCUT2D eigenvalue weighted by Crippen LogP contribution is -2.28. The lowest BCUT2D eigenvalue weighted by atomic mass is 10.1. The van der Waals surface area contributed by atoms with Gasteiger partial charge >= 0.3 is 0 Å². The van der Waals surface area contributed by atoms with Gasteiger partial charge in [0.05, 0.1) is 0 Å². The first-order valence-electron chi connectivity index (χ1n) is 8.50. The van der Waals surface area contributed by atoms with E-state index in [0.717, 1.165) is 37.4 Å². The van der Waals surface area contributed by atoms with Crippen LogP contribution in [-0.4, -0.2) is 19.0 Å². The molecule has 2 heterocycles. The minimum absolute atomic E-state index is 0.0140. The van der Waals surface area contributed by atoms with Gasteiger partial charge in [0.1, 0.15) is 17.4 Å². The first-order valence-corrected chi connectivity index (χ1v) is 8.50. The number of rotatable bonds is 4. The van der Waals surface area contributed by atoms with Crippen molar-refractivity contribution in [2.45, 2.75) is 26.2 Å². The average molecular weight is 335 g/mol. The number of amides is 1. The van der Waals surface area contributed by atoms with E-state index in [1.165, 1.54) is 12.5 Å². The minimum Gasteiger partial charge on any atom is -0.441 e. The van der Waals surface area contributed by atoms with Crippen LogP contribution in [0.25, 0.3) is 6.08 Å². The van der Waals surface area contributed by atoms with Crippen LogP contribution in [0.1, 0.15) is 30.6 Å². The Bertz CT molecular complexity index is 806. The number of hydrogen-bond acceptors (Lipinski definition) is 4. The highest BCUT2D eigenvalue weighted by atomic mass is 16.4. The van der Waals surface area contributed by atoms with Crippen LogP contribution < -0.4 is 10.2 Å². The third kappa shape index (κ3) is 4.30. The molecular weight excluding hydrogens is 314 g/mol. The van der Waals surface area contributed by atoms with Crippen molar-refractivity contribution in [3.05, 3.63) is 53.3 Å². The largest absolute Gasteiger partial charge is 0.441 e. The van der Waals surface area contributed by atoms with Crippen LogP contribution in [-0.2, 0) is 4.79 Å². The summed E-state index contributed by atoms with van der Waals surface area (Å²) in [5.41, 5.74) is 1.78. The van der Waals surface area contributed by atoms with Crippen LogP contribution in [0.2, 0.25) is 0 Å². The Kier molecular flexibility index (Phi) is 5.20. The average Bonchev–Trinajstić information content (AvgIpc) is 3.11. The van der Waals surface area contributed by atoms with Crippen LogP contribution in [0.5, 0.6) is 0 Å².